The normalized spacial score (nSPS) is 10.1. The summed E-state index contributed by atoms with van der Waals surface area (Å²) in [5.41, 5.74) is 0.206. The Morgan fingerprint density at radius 1 is 1.64 bits per heavy atom. The third-order valence-electron chi connectivity index (χ3n) is 1.24. The molecule has 0 atom stereocenters. The molecule has 1 aromatic rings. The highest BCUT2D eigenvalue weighted by Gasteiger charge is 2.03. The average molecular weight is 254 g/mol. The Morgan fingerprint density at radius 3 is 2.93 bits per heavy atom. The molecule has 0 N–H and O–H groups in total. The smallest absolute Gasteiger partial charge is 0.190 e. The lowest BCUT2D eigenvalue weighted by atomic mass is 10.4. The van der Waals surface area contributed by atoms with Crippen molar-refractivity contribution in [3.8, 4) is 6.07 Å². The molecule has 0 fully saturated rings. The molecule has 0 aromatic carbocycles. The number of nitrogens with zero attached hydrogens (tertiary/aromatic N) is 5. The van der Waals surface area contributed by atoms with E-state index < -0.39 is 0 Å². The zero-order valence-electron chi connectivity index (χ0n) is 7.77. The summed E-state index contributed by atoms with van der Waals surface area (Å²) in [5.74, 6) is 0.324. The molecule has 0 saturated carbocycles. The van der Waals surface area contributed by atoms with Gasteiger partial charge in [0, 0.05) is 14.1 Å². The number of aromatic nitrogens is 2. The summed E-state index contributed by atoms with van der Waals surface area (Å²) in [4.78, 5) is 13.7. The highest BCUT2D eigenvalue weighted by Crippen LogP contribution is 2.14. The second-order valence-corrected chi connectivity index (χ2v) is 3.50. The summed E-state index contributed by atoms with van der Waals surface area (Å²) in [6.45, 7) is 0. The van der Waals surface area contributed by atoms with Crippen LogP contribution in [-0.2, 0) is 0 Å². The summed E-state index contributed by atoms with van der Waals surface area (Å²) in [5, 5.41) is 8.75. The minimum Gasteiger partial charge on any atom is -0.369 e. The van der Waals surface area contributed by atoms with Gasteiger partial charge in [-0.25, -0.2) is 15.0 Å². The highest BCUT2D eigenvalue weighted by atomic mass is 79.9. The molecule has 0 bridgehead atoms. The molecule has 0 aliphatic heterocycles. The van der Waals surface area contributed by atoms with E-state index in [1.54, 1.807) is 11.2 Å². The Hall–Kier alpha value is -1.48. The number of rotatable bonds is 2. The van der Waals surface area contributed by atoms with Crippen LogP contribution >= 0.6 is 15.9 Å². The quantitative estimate of drug-likeness (QED) is 0.590. The van der Waals surface area contributed by atoms with Crippen molar-refractivity contribution in [1.29, 1.82) is 5.26 Å². The monoisotopic (exact) mass is 253 g/mol. The van der Waals surface area contributed by atoms with E-state index >= 15 is 0 Å². The molecule has 6 heteroatoms. The van der Waals surface area contributed by atoms with Gasteiger partial charge < -0.3 is 4.90 Å². The van der Waals surface area contributed by atoms with E-state index in [2.05, 4.69) is 30.9 Å². The van der Waals surface area contributed by atoms with E-state index in [1.165, 1.54) is 6.20 Å². The molecule has 72 valence electrons. The van der Waals surface area contributed by atoms with Gasteiger partial charge >= 0.3 is 0 Å². The Balaban J connectivity index is 3.04. The Morgan fingerprint density at radius 2 is 2.36 bits per heavy atom. The van der Waals surface area contributed by atoms with Crippen LogP contribution in [0.4, 0.5) is 5.82 Å². The third kappa shape index (κ3) is 2.78. The van der Waals surface area contributed by atoms with Crippen molar-refractivity contribution in [2.45, 2.75) is 0 Å². The van der Waals surface area contributed by atoms with Gasteiger partial charge in [0.1, 0.15) is 10.7 Å². The maximum atomic E-state index is 8.75. The first kappa shape index (κ1) is 10.6. The van der Waals surface area contributed by atoms with Crippen LogP contribution in [0.2, 0.25) is 0 Å². The molecule has 5 nitrogen and oxygen atoms in total. The number of aliphatic imine (C=N–C) groups is 1. The Labute approximate surface area is 90.2 Å². The third-order valence-corrected chi connectivity index (χ3v) is 1.62. The van der Waals surface area contributed by atoms with Crippen molar-refractivity contribution in [2.24, 2.45) is 4.99 Å². The number of hydrogen-bond acceptors (Lipinski definition) is 4. The molecule has 0 unspecified atom stereocenters. The lowest BCUT2D eigenvalue weighted by Crippen LogP contribution is -2.07. The molecule has 1 rings (SSSR count). The Kier molecular flexibility index (Phi) is 3.54. The van der Waals surface area contributed by atoms with E-state index in [9.17, 15) is 0 Å². The first-order valence-electron chi connectivity index (χ1n) is 3.76. The van der Waals surface area contributed by atoms with Gasteiger partial charge in [-0.1, -0.05) is 0 Å². The lowest BCUT2D eigenvalue weighted by molar-refractivity contribution is 0.643. The fourth-order valence-corrected chi connectivity index (χ4v) is 0.981. The molecule has 1 heterocycles. The molecule has 0 saturated heterocycles. The zero-order valence-corrected chi connectivity index (χ0v) is 9.35. The van der Waals surface area contributed by atoms with Crippen LogP contribution in [0.15, 0.2) is 15.8 Å². The van der Waals surface area contributed by atoms with Gasteiger partial charge in [0.25, 0.3) is 0 Å². The number of halogens is 1. The van der Waals surface area contributed by atoms with Gasteiger partial charge in [0.2, 0.25) is 0 Å². The fraction of sp³-hybridized carbons (Fsp3) is 0.250. The first-order valence-corrected chi connectivity index (χ1v) is 4.56. The maximum absolute atomic E-state index is 8.75. The van der Waals surface area contributed by atoms with Crippen LogP contribution in [0.5, 0.6) is 0 Å². The molecule has 14 heavy (non-hydrogen) atoms. The second-order valence-electron chi connectivity index (χ2n) is 2.68. The predicted octanol–water partition coefficient (Wildman–Crippen LogP) is 1.33. The molecule has 0 amide bonds. The van der Waals surface area contributed by atoms with Crippen molar-refractivity contribution >= 4 is 28.1 Å². The summed E-state index contributed by atoms with van der Waals surface area (Å²) < 4.78 is 0.526. The van der Waals surface area contributed by atoms with Crippen molar-refractivity contribution in [3.05, 3.63) is 16.5 Å². The van der Waals surface area contributed by atoms with E-state index in [4.69, 9.17) is 5.26 Å². The molecular formula is C8H8BrN5. The van der Waals surface area contributed by atoms with Crippen molar-refractivity contribution in [2.75, 3.05) is 14.1 Å². The summed E-state index contributed by atoms with van der Waals surface area (Å²) >= 11 is 3.13. The molecule has 0 aliphatic rings. The standard InChI is InChI=1S/C8H8BrN5/c1-14(2)5-12-8-6(3-10)13-7(9)4-11-8/h4-5H,1-2H3. The maximum Gasteiger partial charge on any atom is 0.190 e. The van der Waals surface area contributed by atoms with Gasteiger partial charge in [0.05, 0.1) is 12.5 Å². The van der Waals surface area contributed by atoms with Crippen LogP contribution in [0.3, 0.4) is 0 Å². The topological polar surface area (TPSA) is 65.2 Å². The largest absolute Gasteiger partial charge is 0.369 e. The van der Waals surface area contributed by atoms with Crippen LogP contribution in [0.1, 0.15) is 5.69 Å². The second kappa shape index (κ2) is 4.67. The average Bonchev–Trinajstić information content (AvgIpc) is 2.15. The van der Waals surface area contributed by atoms with Crippen LogP contribution in [0.25, 0.3) is 0 Å². The first-order chi connectivity index (χ1) is 6.63. The molecular weight excluding hydrogens is 246 g/mol. The molecule has 1 aromatic heterocycles. The minimum atomic E-state index is 0.206. The van der Waals surface area contributed by atoms with Crippen molar-refractivity contribution < 1.29 is 0 Å². The Bertz CT molecular complexity index is 393. The van der Waals surface area contributed by atoms with E-state index in [-0.39, 0.29) is 5.69 Å². The van der Waals surface area contributed by atoms with Crippen LogP contribution in [-0.4, -0.2) is 35.3 Å². The van der Waals surface area contributed by atoms with E-state index in [0.717, 1.165) is 0 Å². The molecule has 0 spiro atoms. The van der Waals surface area contributed by atoms with Gasteiger partial charge in [-0.05, 0) is 15.9 Å². The number of hydrogen-bond donors (Lipinski definition) is 0. The summed E-state index contributed by atoms with van der Waals surface area (Å²) in [7, 11) is 3.67. The lowest BCUT2D eigenvalue weighted by Gasteiger charge is -2.02. The highest BCUT2D eigenvalue weighted by molar-refractivity contribution is 9.10. The molecule has 0 aliphatic carbocycles. The summed E-state index contributed by atoms with van der Waals surface area (Å²) in [6.07, 6.45) is 3.07. The van der Waals surface area contributed by atoms with E-state index in [1.807, 2.05) is 20.2 Å². The van der Waals surface area contributed by atoms with Crippen molar-refractivity contribution in [1.82, 2.24) is 14.9 Å². The summed E-state index contributed by atoms with van der Waals surface area (Å²) in [6, 6.07) is 1.92. The zero-order chi connectivity index (χ0) is 10.6. The van der Waals surface area contributed by atoms with Gasteiger partial charge in [-0.15, -0.1) is 0 Å². The number of nitriles is 1. The molecule has 0 radical (unpaired) electrons. The van der Waals surface area contributed by atoms with Gasteiger partial charge in [-0.2, -0.15) is 5.26 Å². The van der Waals surface area contributed by atoms with Crippen molar-refractivity contribution in [3.63, 3.8) is 0 Å². The fourth-order valence-electron chi connectivity index (χ4n) is 0.701. The van der Waals surface area contributed by atoms with Gasteiger partial charge in [-0.3, -0.25) is 0 Å². The van der Waals surface area contributed by atoms with E-state index in [0.29, 0.717) is 10.4 Å². The van der Waals surface area contributed by atoms with Crippen LogP contribution < -0.4 is 0 Å². The van der Waals surface area contributed by atoms with Crippen LogP contribution in [0, 0.1) is 11.3 Å². The minimum absolute atomic E-state index is 0.206. The predicted molar refractivity (Wildman–Crippen MR) is 56.3 cm³/mol. The van der Waals surface area contributed by atoms with Gasteiger partial charge in [0.15, 0.2) is 11.5 Å². The SMILES string of the molecule is CN(C)C=Nc1ncc(Br)nc1C#N.